The lowest BCUT2D eigenvalue weighted by molar-refractivity contribution is 0.0878. The molecule has 0 saturated carbocycles. The summed E-state index contributed by atoms with van der Waals surface area (Å²) < 4.78 is 20.8. The highest BCUT2D eigenvalue weighted by molar-refractivity contribution is 5.92. The van der Waals surface area contributed by atoms with Gasteiger partial charge in [-0.1, -0.05) is 35.5 Å². The monoisotopic (exact) mass is 316 g/mol. The van der Waals surface area contributed by atoms with Crippen LogP contribution in [0.25, 0.3) is 0 Å². The number of hydrogen-bond acceptors (Lipinski definition) is 6. The summed E-state index contributed by atoms with van der Waals surface area (Å²) in [6.45, 7) is 1.66. The molecular formula is C16H16N2O5. The number of carbonyl (C=O) groups is 1. The van der Waals surface area contributed by atoms with Crippen LogP contribution in [0.3, 0.4) is 0 Å². The Morgan fingerprint density at radius 1 is 1.22 bits per heavy atom. The Bertz CT molecular complexity index is 673. The number of rotatable bonds is 6. The van der Waals surface area contributed by atoms with Crippen LogP contribution in [0.5, 0.6) is 0 Å². The fourth-order valence-electron chi connectivity index (χ4n) is 1.94. The molecule has 1 N–H and O–H groups in total. The van der Waals surface area contributed by atoms with Gasteiger partial charge < -0.3 is 24.1 Å². The van der Waals surface area contributed by atoms with Crippen LogP contribution in [-0.2, 0) is 27.4 Å². The summed E-state index contributed by atoms with van der Waals surface area (Å²) in [5.74, 6) is 0.357. The Balaban J connectivity index is 1.47. The maximum atomic E-state index is 11.9. The van der Waals surface area contributed by atoms with Gasteiger partial charge in [0, 0.05) is 6.07 Å². The van der Waals surface area contributed by atoms with Crippen molar-refractivity contribution < 1.29 is 23.5 Å². The van der Waals surface area contributed by atoms with Gasteiger partial charge in [-0.05, 0) is 5.56 Å². The third-order valence-electron chi connectivity index (χ3n) is 3.04. The van der Waals surface area contributed by atoms with Crippen LogP contribution in [-0.4, -0.2) is 24.3 Å². The largest absolute Gasteiger partial charge is 0.461 e. The molecule has 0 spiro atoms. The number of carbonyl (C=O) groups excluding carboxylic acids is 1. The summed E-state index contributed by atoms with van der Waals surface area (Å²) in [5.41, 5.74) is 1.23. The molecule has 1 saturated heterocycles. The molecule has 1 fully saturated rings. The minimum absolute atomic E-state index is 0.165. The summed E-state index contributed by atoms with van der Waals surface area (Å²) in [6, 6.07) is 11.3. The molecule has 0 unspecified atom stereocenters. The molecule has 23 heavy (non-hydrogen) atoms. The fraction of sp³-hybridized carbons (Fsp3) is 0.250. The van der Waals surface area contributed by atoms with Crippen LogP contribution in [0, 0.1) is 0 Å². The molecule has 1 aliphatic rings. The van der Waals surface area contributed by atoms with Gasteiger partial charge >= 0.3 is 0 Å². The van der Waals surface area contributed by atoms with E-state index in [9.17, 15) is 4.79 Å². The van der Waals surface area contributed by atoms with Crippen molar-refractivity contribution in [2.75, 3.05) is 13.2 Å². The Morgan fingerprint density at radius 3 is 2.78 bits per heavy atom. The zero-order valence-corrected chi connectivity index (χ0v) is 12.4. The Hall–Kier alpha value is -2.80. The Morgan fingerprint density at radius 2 is 2.00 bits per heavy atom. The first kappa shape index (κ1) is 15.1. The smallest absolute Gasteiger partial charge is 0.296 e. The number of nitrogens with one attached hydrogen (secondary N) is 1. The lowest BCUT2D eigenvalue weighted by atomic mass is 10.2. The molecule has 2 heterocycles. The van der Waals surface area contributed by atoms with Gasteiger partial charge in [0.25, 0.3) is 11.9 Å². The van der Waals surface area contributed by atoms with Crippen LogP contribution in [0.4, 0.5) is 0 Å². The van der Waals surface area contributed by atoms with Crippen LogP contribution in [0.2, 0.25) is 0 Å². The standard InChI is InChI=1S/C16H16N2O5/c19-16(17-9-15-21-6-7-22-15)14-8-13(23-18-14)11-20-10-12-4-2-1-3-5-12/h1-5,8-9H,6-7,10-11H2,(H,17,19). The molecule has 3 rings (SSSR count). The third-order valence-corrected chi connectivity index (χ3v) is 3.04. The second-order valence-electron chi connectivity index (χ2n) is 4.79. The van der Waals surface area contributed by atoms with Gasteiger partial charge in [0.15, 0.2) is 11.5 Å². The number of aromatic nitrogens is 1. The number of nitrogens with zero attached hydrogens (tertiary/aromatic N) is 1. The van der Waals surface area contributed by atoms with Crippen molar-refractivity contribution in [3.63, 3.8) is 0 Å². The summed E-state index contributed by atoms with van der Waals surface area (Å²) in [5, 5.41) is 6.23. The Labute approximate surface area is 132 Å². The highest BCUT2D eigenvalue weighted by Crippen LogP contribution is 2.09. The van der Waals surface area contributed by atoms with Crippen LogP contribution in [0.1, 0.15) is 21.8 Å². The van der Waals surface area contributed by atoms with Crippen molar-refractivity contribution in [2.24, 2.45) is 0 Å². The van der Waals surface area contributed by atoms with Crippen LogP contribution >= 0.6 is 0 Å². The zero-order chi connectivity index (χ0) is 15.9. The van der Waals surface area contributed by atoms with E-state index in [1.807, 2.05) is 30.3 Å². The fourth-order valence-corrected chi connectivity index (χ4v) is 1.94. The maximum absolute atomic E-state index is 11.9. The second kappa shape index (κ2) is 7.46. The molecule has 7 nitrogen and oxygen atoms in total. The highest BCUT2D eigenvalue weighted by Gasteiger charge is 2.14. The first-order valence-electron chi connectivity index (χ1n) is 7.15. The lowest BCUT2D eigenvalue weighted by Crippen LogP contribution is -2.18. The van der Waals surface area contributed by atoms with Gasteiger partial charge in [0.2, 0.25) is 0 Å². The SMILES string of the molecule is O=C(NC=C1OCCO1)c1cc(COCc2ccccc2)on1. The highest BCUT2D eigenvalue weighted by atomic mass is 16.7. The van der Waals surface area contributed by atoms with Crippen LogP contribution < -0.4 is 5.32 Å². The molecule has 1 aromatic heterocycles. The third kappa shape index (κ3) is 4.33. The van der Waals surface area contributed by atoms with E-state index in [0.29, 0.717) is 25.6 Å². The van der Waals surface area contributed by atoms with E-state index < -0.39 is 5.91 Å². The van der Waals surface area contributed by atoms with E-state index >= 15 is 0 Å². The molecule has 2 aromatic rings. The van der Waals surface area contributed by atoms with Crippen LogP contribution in [0.15, 0.2) is 53.1 Å². The van der Waals surface area contributed by atoms with Crippen molar-refractivity contribution >= 4 is 5.91 Å². The summed E-state index contributed by atoms with van der Waals surface area (Å²) in [7, 11) is 0. The molecule has 0 atom stereocenters. The number of amides is 1. The normalized spacial score (nSPS) is 13.3. The summed E-state index contributed by atoms with van der Waals surface area (Å²) in [6.07, 6.45) is 1.36. The topological polar surface area (TPSA) is 82.8 Å². The van der Waals surface area contributed by atoms with Gasteiger partial charge in [0.05, 0.1) is 12.8 Å². The van der Waals surface area contributed by atoms with E-state index in [-0.39, 0.29) is 18.2 Å². The van der Waals surface area contributed by atoms with Crippen molar-refractivity contribution in [3.05, 3.63) is 65.6 Å². The van der Waals surface area contributed by atoms with E-state index in [1.165, 1.54) is 12.3 Å². The quantitative estimate of drug-likeness (QED) is 0.877. The minimum atomic E-state index is -0.408. The van der Waals surface area contributed by atoms with E-state index in [4.69, 9.17) is 18.7 Å². The summed E-state index contributed by atoms with van der Waals surface area (Å²) in [4.78, 5) is 11.9. The first-order chi connectivity index (χ1) is 11.3. The molecule has 0 bridgehead atoms. The number of ether oxygens (including phenoxy) is 3. The van der Waals surface area contributed by atoms with Crippen molar-refractivity contribution in [1.82, 2.24) is 10.5 Å². The molecule has 0 aliphatic carbocycles. The number of hydrogen-bond donors (Lipinski definition) is 1. The van der Waals surface area contributed by atoms with Gasteiger partial charge in [-0.15, -0.1) is 0 Å². The predicted molar refractivity (Wildman–Crippen MR) is 78.9 cm³/mol. The average molecular weight is 316 g/mol. The lowest BCUT2D eigenvalue weighted by Gasteiger charge is -2.01. The molecule has 1 aromatic carbocycles. The van der Waals surface area contributed by atoms with Crippen molar-refractivity contribution in [2.45, 2.75) is 13.2 Å². The van der Waals surface area contributed by atoms with Gasteiger partial charge in [-0.3, -0.25) is 4.79 Å². The van der Waals surface area contributed by atoms with E-state index in [2.05, 4.69) is 10.5 Å². The van der Waals surface area contributed by atoms with Gasteiger partial charge in [-0.25, -0.2) is 0 Å². The number of benzene rings is 1. The van der Waals surface area contributed by atoms with Gasteiger partial charge in [0.1, 0.15) is 19.8 Å². The van der Waals surface area contributed by atoms with Gasteiger partial charge in [-0.2, -0.15) is 0 Å². The predicted octanol–water partition coefficient (Wildman–Crippen LogP) is 1.97. The molecule has 7 heteroatoms. The maximum Gasteiger partial charge on any atom is 0.296 e. The van der Waals surface area contributed by atoms with Crippen molar-refractivity contribution in [3.8, 4) is 0 Å². The minimum Gasteiger partial charge on any atom is -0.461 e. The van der Waals surface area contributed by atoms with Crippen molar-refractivity contribution in [1.29, 1.82) is 0 Å². The zero-order valence-electron chi connectivity index (χ0n) is 12.4. The molecule has 0 radical (unpaired) electrons. The van der Waals surface area contributed by atoms with E-state index in [1.54, 1.807) is 0 Å². The molecule has 120 valence electrons. The molecule has 1 aliphatic heterocycles. The second-order valence-corrected chi connectivity index (χ2v) is 4.79. The molecular weight excluding hydrogens is 300 g/mol. The molecule has 1 amide bonds. The first-order valence-corrected chi connectivity index (χ1v) is 7.15. The summed E-state index contributed by atoms with van der Waals surface area (Å²) >= 11 is 0. The average Bonchev–Trinajstić information content (AvgIpc) is 3.25. The van der Waals surface area contributed by atoms with E-state index in [0.717, 1.165) is 5.56 Å². The Kier molecular flexibility index (Phi) is 4.90.